The number of hydrogen-bond donors (Lipinski definition) is 2. The van der Waals surface area contributed by atoms with E-state index in [0.717, 1.165) is 56.9 Å². The number of piperazine rings is 1. The van der Waals surface area contributed by atoms with Crippen LogP contribution in [0.15, 0.2) is 42.5 Å². The number of nitrogens with zero attached hydrogens (tertiary/aromatic N) is 3. The van der Waals surface area contributed by atoms with Gasteiger partial charge < -0.3 is 20.9 Å². The minimum atomic E-state index is -0.108. The van der Waals surface area contributed by atoms with Crippen LogP contribution >= 0.6 is 11.6 Å². The molecule has 1 amide bonds. The number of carbonyl (C=O) groups is 1. The van der Waals surface area contributed by atoms with Crippen molar-refractivity contribution in [3.8, 4) is 0 Å². The van der Waals surface area contributed by atoms with Gasteiger partial charge in [-0.15, -0.1) is 0 Å². The Morgan fingerprint density at radius 2 is 1.90 bits per heavy atom. The normalized spacial score (nSPS) is 14.9. The van der Waals surface area contributed by atoms with Gasteiger partial charge in [-0.2, -0.15) is 0 Å². The summed E-state index contributed by atoms with van der Waals surface area (Å²) in [5, 5.41) is 3.67. The number of benzene rings is 2. The SMILES string of the molecule is CN(C)CCN1CCN(c2ccc(C(=O)NCCc3cccc(Cl)c3)cc2N)CC1. The van der Waals surface area contributed by atoms with Crippen molar-refractivity contribution in [1.82, 2.24) is 15.1 Å². The van der Waals surface area contributed by atoms with E-state index in [1.165, 1.54) is 0 Å². The van der Waals surface area contributed by atoms with E-state index in [4.69, 9.17) is 17.3 Å². The molecule has 6 nitrogen and oxygen atoms in total. The fraction of sp³-hybridized carbons (Fsp3) is 0.435. The first kappa shape index (κ1) is 22.4. The maximum atomic E-state index is 12.5. The van der Waals surface area contributed by atoms with Gasteiger partial charge in [0.05, 0.1) is 11.4 Å². The molecule has 0 saturated carbocycles. The van der Waals surface area contributed by atoms with Crippen molar-refractivity contribution in [3.63, 3.8) is 0 Å². The van der Waals surface area contributed by atoms with Crippen LogP contribution in [0.1, 0.15) is 15.9 Å². The second-order valence-electron chi connectivity index (χ2n) is 8.04. The summed E-state index contributed by atoms with van der Waals surface area (Å²) in [5.41, 5.74) is 9.66. The number of anilines is 2. The van der Waals surface area contributed by atoms with Gasteiger partial charge in [0.25, 0.3) is 5.91 Å². The standard InChI is InChI=1S/C23H32ClN5O/c1-27(2)10-11-28-12-14-29(15-13-28)22-7-6-19(17-21(22)25)23(30)26-9-8-18-4-3-5-20(24)16-18/h3-7,16-17H,8-15,25H2,1-2H3,(H,26,30). The highest BCUT2D eigenvalue weighted by atomic mass is 35.5. The van der Waals surface area contributed by atoms with Crippen molar-refractivity contribution >= 4 is 28.9 Å². The monoisotopic (exact) mass is 429 g/mol. The summed E-state index contributed by atoms with van der Waals surface area (Å²) in [6.07, 6.45) is 0.734. The molecular weight excluding hydrogens is 398 g/mol. The zero-order chi connectivity index (χ0) is 21.5. The Kier molecular flexibility index (Phi) is 7.96. The van der Waals surface area contributed by atoms with Crippen molar-refractivity contribution in [2.75, 3.05) is 70.5 Å². The summed E-state index contributed by atoms with van der Waals surface area (Å²) in [6, 6.07) is 13.3. The lowest BCUT2D eigenvalue weighted by molar-refractivity contribution is 0.0954. The molecule has 3 rings (SSSR count). The molecule has 0 atom stereocenters. The van der Waals surface area contributed by atoms with Gasteiger partial charge in [-0.05, 0) is 56.4 Å². The molecular formula is C23H32ClN5O. The third kappa shape index (κ3) is 6.36. The average Bonchev–Trinajstić information content (AvgIpc) is 2.72. The Balaban J connectivity index is 1.50. The number of halogens is 1. The molecule has 162 valence electrons. The van der Waals surface area contributed by atoms with E-state index < -0.39 is 0 Å². The molecule has 7 heteroatoms. The van der Waals surface area contributed by atoms with Gasteiger partial charge in [-0.25, -0.2) is 0 Å². The summed E-state index contributed by atoms with van der Waals surface area (Å²) in [5.74, 6) is -0.108. The molecule has 30 heavy (non-hydrogen) atoms. The van der Waals surface area contributed by atoms with E-state index in [1.54, 1.807) is 6.07 Å². The summed E-state index contributed by atoms with van der Waals surface area (Å²) < 4.78 is 0. The maximum absolute atomic E-state index is 12.5. The molecule has 2 aromatic carbocycles. The number of hydrogen-bond acceptors (Lipinski definition) is 5. The van der Waals surface area contributed by atoms with E-state index in [-0.39, 0.29) is 5.91 Å². The van der Waals surface area contributed by atoms with Gasteiger partial charge >= 0.3 is 0 Å². The summed E-state index contributed by atoms with van der Waals surface area (Å²) in [7, 11) is 4.21. The molecule has 3 N–H and O–H groups in total. The molecule has 0 unspecified atom stereocenters. The second-order valence-corrected chi connectivity index (χ2v) is 8.48. The van der Waals surface area contributed by atoms with E-state index in [2.05, 4.69) is 34.1 Å². The van der Waals surface area contributed by atoms with E-state index >= 15 is 0 Å². The van der Waals surface area contributed by atoms with Crippen LogP contribution < -0.4 is 16.0 Å². The smallest absolute Gasteiger partial charge is 0.251 e. The zero-order valence-electron chi connectivity index (χ0n) is 17.9. The predicted molar refractivity (Wildman–Crippen MR) is 126 cm³/mol. The quantitative estimate of drug-likeness (QED) is 0.631. The molecule has 2 aromatic rings. The Morgan fingerprint density at radius 1 is 1.13 bits per heavy atom. The molecule has 0 spiro atoms. The van der Waals surface area contributed by atoms with Gasteiger partial charge in [-0.3, -0.25) is 9.69 Å². The first-order chi connectivity index (χ1) is 14.4. The lowest BCUT2D eigenvalue weighted by Crippen LogP contribution is -2.48. The van der Waals surface area contributed by atoms with Gasteiger partial charge in [0, 0.05) is 56.4 Å². The van der Waals surface area contributed by atoms with Crippen molar-refractivity contribution in [2.24, 2.45) is 0 Å². The molecule has 1 fully saturated rings. The predicted octanol–water partition coefficient (Wildman–Crippen LogP) is 2.58. The zero-order valence-corrected chi connectivity index (χ0v) is 18.7. The van der Waals surface area contributed by atoms with Crippen molar-refractivity contribution in [2.45, 2.75) is 6.42 Å². The van der Waals surface area contributed by atoms with Crippen LogP contribution in [0, 0.1) is 0 Å². The summed E-state index contributed by atoms with van der Waals surface area (Å²) in [6.45, 7) is 6.66. The third-order valence-electron chi connectivity index (χ3n) is 5.45. The number of nitrogens with one attached hydrogen (secondary N) is 1. The first-order valence-corrected chi connectivity index (χ1v) is 10.8. The number of nitrogen functional groups attached to an aromatic ring is 1. The molecule has 0 bridgehead atoms. The molecule has 0 aliphatic carbocycles. The van der Waals surface area contributed by atoms with Crippen LogP contribution in [0.4, 0.5) is 11.4 Å². The van der Waals surface area contributed by atoms with E-state index in [9.17, 15) is 4.79 Å². The average molecular weight is 430 g/mol. The molecule has 1 saturated heterocycles. The Labute approximate surface area is 184 Å². The fourth-order valence-corrected chi connectivity index (χ4v) is 3.87. The molecule has 1 aliphatic heterocycles. The van der Waals surface area contributed by atoms with Crippen LogP contribution in [-0.4, -0.2) is 75.6 Å². The van der Waals surface area contributed by atoms with Crippen molar-refractivity contribution in [1.29, 1.82) is 0 Å². The Bertz CT molecular complexity index is 849. The largest absolute Gasteiger partial charge is 0.397 e. The van der Waals surface area contributed by atoms with Crippen LogP contribution in [0.25, 0.3) is 0 Å². The molecule has 1 aliphatic rings. The topological polar surface area (TPSA) is 64.8 Å². The Hall–Kier alpha value is -2.28. The fourth-order valence-electron chi connectivity index (χ4n) is 3.65. The number of carbonyl (C=O) groups excluding carboxylic acids is 1. The highest BCUT2D eigenvalue weighted by Crippen LogP contribution is 2.25. The van der Waals surface area contributed by atoms with Crippen molar-refractivity contribution in [3.05, 3.63) is 58.6 Å². The molecule has 0 aromatic heterocycles. The minimum Gasteiger partial charge on any atom is -0.397 e. The lowest BCUT2D eigenvalue weighted by atomic mass is 10.1. The van der Waals surface area contributed by atoms with Gasteiger partial charge in [-0.1, -0.05) is 23.7 Å². The first-order valence-electron chi connectivity index (χ1n) is 10.5. The van der Waals surface area contributed by atoms with Gasteiger partial charge in [0.2, 0.25) is 0 Å². The highest BCUT2D eigenvalue weighted by molar-refractivity contribution is 6.30. The third-order valence-corrected chi connectivity index (χ3v) is 5.69. The van der Waals surface area contributed by atoms with Gasteiger partial charge in [0.1, 0.15) is 0 Å². The van der Waals surface area contributed by atoms with Crippen LogP contribution in [0.3, 0.4) is 0 Å². The van der Waals surface area contributed by atoms with Crippen molar-refractivity contribution < 1.29 is 4.79 Å². The van der Waals surface area contributed by atoms with E-state index in [0.29, 0.717) is 22.8 Å². The van der Waals surface area contributed by atoms with Crippen LogP contribution in [0.5, 0.6) is 0 Å². The lowest BCUT2D eigenvalue weighted by Gasteiger charge is -2.37. The minimum absolute atomic E-state index is 0.108. The van der Waals surface area contributed by atoms with Crippen LogP contribution in [-0.2, 0) is 6.42 Å². The van der Waals surface area contributed by atoms with Gasteiger partial charge in [0.15, 0.2) is 0 Å². The van der Waals surface area contributed by atoms with Crippen LogP contribution in [0.2, 0.25) is 5.02 Å². The maximum Gasteiger partial charge on any atom is 0.251 e. The van der Waals surface area contributed by atoms with E-state index in [1.807, 2.05) is 36.4 Å². The highest BCUT2D eigenvalue weighted by Gasteiger charge is 2.19. The number of rotatable bonds is 8. The summed E-state index contributed by atoms with van der Waals surface area (Å²) in [4.78, 5) is 19.5. The number of likely N-dealkylation sites (N-methyl/N-ethyl adjacent to an activating group) is 1. The summed E-state index contributed by atoms with van der Waals surface area (Å²) >= 11 is 6.00. The molecule has 1 heterocycles. The Morgan fingerprint density at radius 3 is 2.57 bits per heavy atom. The second kappa shape index (κ2) is 10.7. The molecule has 0 radical (unpaired) electrons. The number of nitrogens with two attached hydrogens (primary N) is 1. The number of amides is 1.